The summed E-state index contributed by atoms with van der Waals surface area (Å²) >= 11 is 0. The van der Waals surface area contributed by atoms with Crippen LogP contribution in [0.5, 0.6) is 0 Å². The summed E-state index contributed by atoms with van der Waals surface area (Å²) in [5.41, 5.74) is 3.10. The number of carboxylic acid groups (broad SMARTS) is 1. The molecule has 2 N–H and O–H groups in total. The smallest absolute Gasteiger partial charge is 0.337 e. The lowest BCUT2D eigenvalue weighted by Crippen LogP contribution is -2.73. The van der Waals surface area contributed by atoms with Crippen LogP contribution in [0, 0.1) is 18.3 Å². The third-order valence-electron chi connectivity index (χ3n) is 7.95. The summed E-state index contributed by atoms with van der Waals surface area (Å²) in [6, 6.07) is 10.4. The van der Waals surface area contributed by atoms with E-state index in [1.54, 1.807) is 35.9 Å². The summed E-state index contributed by atoms with van der Waals surface area (Å²) in [6.45, 7) is 7.01. The van der Waals surface area contributed by atoms with Crippen LogP contribution >= 0.6 is 0 Å². The van der Waals surface area contributed by atoms with Gasteiger partial charge in [-0.1, -0.05) is 18.2 Å². The highest BCUT2D eigenvalue weighted by atomic mass is 16.4. The summed E-state index contributed by atoms with van der Waals surface area (Å²) in [7, 11) is 1.76. The van der Waals surface area contributed by atoms with Crippen LogP contribution in [0.4, 0.5) is 11.6 Å². The van der Waals surface area contributed by atoms with E-state index in [4.69, 9.17) is 4.98 Å². The van der Waals surface area contributed by atoms with Crippen LogP contribution < -0.4 is 15.8 Å². The molecule has 1 saturated carbocycles. The highest BCUT2D eigenvalue weighted by molar-refractivity contribution is 5.94. The van der Waals surface area contributed by atoms with Crippen molar-refractivity contribution in [3.05, 3.63) is 63.4 Å². The van der Waals surface area contributed by atoms with Crippen molar-refractivity contribution in [2.75, 3.05) is 36.4 Å². The molecule has 1 aromatic heterocycles. The number of nitrogens with one attached hydrogen (secondary N) is 1. The topological polar surface area (TPSA) is 108 Å². The number of amides is 1. The molecule has 2 aliphatic heterocycles. The molecule has 1 spiro atoms. The van der Waals surface area contributed by atoms with Crippen molar-refractivity contribution in [3.8, 4) is 0 Å². The molecule has 2 aromatic carbocycles. The predicted molar refractivity (Wildman–Crippen MR) is 141 cm³/mol. The lowest BCUT2D eigenvalue weighted by Gasteiger charge is -2.60. The highest BCUT2D eigenvalue weighted by Crippen LogP contribution is 2.44. The van der Waals surface area contributed by atoms with Gasteiger partial charge in [0.15, 0.2) is 0 Å². The molecule has 3 aromatic rings. The van der Waals surface area contributed by atoms with Gasteiger partial charge in [0.2, 0.25) is 11.9 Å². The molecule has 37 heavy (non-hydrogen) atoms. The molecule has 3 fully saturated rings. The van der Waals surface area contributed by atoms with E-state index in [0.717, 1.165) is 50.1 Å². The van der Waals surface area contributed by atoms with Gasteiger partial charge in [-0.15, -0.1) is 0 Å². The van der Waals surface area contributed by atoms with Gasteiger partial charge in [-0.25, -0.2) is 9.78 Å². The zero-order valence-corrected chi connectivity index (χ0v) is 21.3. The number of aromatic nitrogens is 2. The molecule has 0 radical (unpaired) electrons. The Morgan fingerprint density at radius 1 is 1.14 bits per heavy atom. The normalized spacial score (nSPS) is 18.9. The van der Waals surface area contributed by atoms with E-state index in [-0.39, 0.29) is 28.5 Å². The van der Waals surface area contributed by atoms with E-state index >= 15 is 0 Å². The van der Waals surface area contributed by atoms with E-state index in [1.165, 1.54) is 0 Å². The second-order valence-corrected chi connectivity index (χ2v) is 11.1. The van der Waals surface area contributed by atoms with Crippen molar-refractivity contribution in [2.45, 2.75) is 32.7 Å². The number of benzene rings is 2. The fourth-order valence-corrected chi connectivity index (χ4v) is 5.87. The Balaban J connectivity index is 1.30. The van der Waals surface area contributed by atoms with Crippen LogP contribution in [0.3, 0.4) is 0 Å². The van der Waals surface area contributed by atoms with Gasteiger partial charge < -0.3 is 20.2 Å². The molecule has 1 aliphatic carbocycles. The Labute approximate surface area is 214 Å². The van der Waals surface area contributed by atoms with E-state index in [1.807, 2.05) is 30.9 Å². The van der Waals surface area contributed by atoms with Crippen molar-refractivity contribution in [1.29, 1.82) is 0 Å². The Morgan fingerprint density at radius 2 is 1.84 bits per heavy atom. The number of anilines is 2. The zero-order chi connectivity index (χ0) is 26.1. The summed E-state index contributed by atoms with van der Waals surface area (Å²) in [5.74, 6) is 0.167. The van der Waals surface area contributed by atoms with Gasteiger partial charge in [-0.05, 0) is 50.5 Å². The number of likely N-dealkylation sites (tertiary alicyclic amines) is 1. The van der Waals surface area contributed by atoms with Gasteiger partial charge in [0, 0.05) is 55.8 Å². The number of rotatable bonds is 6. The number of aromatic carboxylic acids is 1. The van der Waals surface area contributed by atoms with Crippen molar-refractivity contribution < 1.29 is 14.7 Å². The molecular weight excluding hydrogens is 470 g/mol. The number of hydrogen-bond acceptors (Lipinski definition) is 6. The van der Waals surface area contributed by atoms with Crippen LogP contribution in [0.1, 0.15) is 47.3 Å². The first-order valence-electron chi connectivity index (χ1n) is 12.8. The van der Waals surface area contributed by atoms with E-state index < -0.39 is 5.97 Å². The third-order valence-corrected chi connectivity index (χ3v) is 7.95. The van der Waals surface area contributed by atoms with Crippen molar-refractivity contribution in [1.82, 2.24) is 14.5 Å². The van der Waals surface area contributed by atoms with Crippen LogP contribution in [-0.4, -0.2) is 57.6 Å². The monoisotopic (exact) mass is 501 g/mol. The number of carbonyl (C=O) groups is 2. The number of hydrogen-bond donors (Lipinski definition) is 2. The Kier molecular flexibility index (Phi) is 5.29. The molecule has 192 valence electrons. The number of para-hydroxylation sites is 1. The molecule has 0 bridgehead atoms. The molecule has 3 heterocycles. The molecule has 6 rings (SSSR count). The summed E-state index contributed by atoms with van der Waals surface area (Å²) in [4.78, 5) is 46.6. The van der Waals surface area contributed by atoms with Gasteiger partial charge in [0.1, 0.15) is 0 Å². The molecule has 1 amide bonds. The first-order valence-corrected chi connectivity index (χ1v) is 12.8. The fraction of sp³-hybridized carbons (Fsp3) is 0.429. The zero-order valence-electron chi connectivity index (χ0n) is 21.3. The molecule has 0 unspecified atom stereocenters. The van der Waals surface area contributed by atoms with Crippen LogP contribution in [0.25, 0.3) is 10.9 Å². The first kappa shape index (κ1) is 23.5. The quantitative estimate of drug-likeness (QED) is 0.534. The minimum Gasteiger partial charge on any atom is -0.478 e. The number of nitrogens with zero attached hydrogens (tertiary/aromatic N) is 4. The molecule has 1 atom stereocenters. The van der Waals surface area contributed by atoms with Crippen LogP contribution in [0.2, 0.25) is 0 Å². The van der Waals surface area contributed by atoms with Crippen LogP contribution in [-0.2, 0) is 11.8 Å². The summed E-state index contributed by atoms with van der Waals surface area (Å²) in [6.07, 6.45) is 2.04. The number of carbonyl (C=O) groups excluding carboxylic acids is 1. The SMILES string of the molecule is Cc1cc([C@@H](C)Nc2ccccc2C(=O)O)c2nc(N3CC4(CN(C(=O)C5CC5)C4)C3)n(C)c(=O)c2c1. The fourth-order valence-electron chi connectivity index (χ4n) is 5.87. The molecule has 9 heteroatoms. The third kappa shape index (κ3) is 3.93. The van der Waals surface area contributed by atoms with Gasteiger partial charge in [-0.3, -0.25) is 14.2 Å². The molecule has 9 nitrogen and oxygen atoms in total. The molecule has 2 saturated heterocycles. The maximum Gasteiger partial charge on any atom is 0.337 e. The Morgan fingerprint density at radius 3 is 2.51 bits per heavy atom. The maximum atomic E-state index is 13.4. The molecular formula is C28H31N5O4. The predicted octanol–water partition coefficient (Wildman–Crippen LogP) is 3.17. The minimum absolute atomic E-state index is 0.0999. The lowest BCUT2D eigenvalue weighted by molar-refractivity contribution is -0.146. The maximum absolute atomic E-state index is 13.4. The average molecular weight is 502 g/mol. The van der Waals surface area contributed by atoms with E-state index in [0.29, 0.717) is 28.4 Å². The van der Waals surface area contributed by atoms with E-state index in [2.05, 4.69) is 10.2 Å². The number of carboxylic acids is 1. The average Bonchev–Trinajstić information content (AvgIpc) is 3.66. The molecule has 3 aliphatic rings. The van der Waals surface area contributed by atoms with Gasteiger partial charge in [-0.2, -0.15) is 0 Å². The van der Waals surface area contributed by atoms with Crippen molar-refractivity contribution in [3.63, 3.8) is 0 Å². The highest BCUT2D eigenvalue weighted by Gasteiger charge is 2.55. The first-order chi connectivity index (χ1) is 17.7. The largest absolute Gasteiger partial charge is 0.478 e. The number of fused-ring (bicyclic) bond motifs is 1. The van der Waals surface area contributed by atoms with E-state index in [9.17, 15) is 19.5 Å². The Bertz CT molecular complexity index is 1490. The second-order valence-electron chi connectivity index (χ2n) is 11.1. The number of aryl methyl sites for hydroxylation is 1. The van der Waals surface area contributed by atoms with Gasteiger partial charge in [0.05, 0.1) is 22.5 Å². The lowest BCUT2D eigenvalue weighted by atomic mass is 9.73. The van der Waals surface area contributed by atoms with Gasteiger partial charge >= 0.3 is 5.97 Å². The summed E-state index contributed by atoms with van der Waals surface area (Å²) in [5, 5.41) is 13.4. The Hall–Kier alpha value is -3.88. The minimum atomic E-state index is -1.00. The van der Waals surface area contributed by atoms with Crippen molar-refractivity contribution in [2.24, 2.45) is 18.4 Å². The summed E-state index contributed by atoms with van der Waals surface area (Å²) < 4.78 is 1.61. The van der Waals surface area contributed by atoms with Crippen molar-refractivity contribution >= 4 is 34.4 Å². The standard InChI is InChI=1S/C28H31N5O4/c1-16-10-20(17(2)29-22-7-5-4-6-19(22)26(36)37)23-21(11-16)25(35)31(3)27(30-23)33-14-28(15-33)12-32(13-28)24(34)18-8-9-18/h4-7,10-11,17-18,29H,8-9,12-15H2,1-3H3,(H,36,37)/t17-/m1/s1. The second kappa shape index (κ2) is 8.33. The van der Waals surface area contributed by atoms with Gasteiger partial charge in [0.25, 0.3) is 5.56 Å². The van der Waals surface area contributed by atoms with Crippen LogP contribution in [0.15, 0.2) is 41.2 Å².